The average Bonchev–Trinajstić information content (AvgIpc) is 3.17. The fourth-order valence-corrected chi connectivity index (χ4v) is 4.92. The Bertz CT molecular complexity index is 1210. The number of nitrogens with zero attached hydrogens (tertiary/aromatic N) is 3. The SMILES string of the molecule is C=CCN1C(=O)NC(c2ccc(C)cc2)C(C(=O)OCC)=C1CN1CCCN(C(=O)Nc2ccccc2)CC1. The summed E-state index contributed by atoms with van der Waals surface area (Å²) in [4.78, 5) is 45.1. The van der Waals surface area contributed by atoms with Gasteiger partial charge in [0.2, 0.25) is 0 Å². The number of urea groups is 2. The molecule has 2 aliphatic rings. The number of hydrogen-bond acceptors (Lipinski definition) is 5. The van der Waals surface area contributed by atoms with Gasteiger partial charge in [0.15, 0.2) is 0 Å². The topological polar surface area (TPSA) is 94.2 Å². The molecule has 0 saturated carbocycles. The average molecular weight is 532 g/mol. The first-order chi connectivity index (χ1) is 18.9. The third-order valence-electron chi connectivity index (χ3n) is 6.93. The Morgan fingerprint density at radius 2 is 1.82 bits per heavy atom. The highest BCUT2D eigenvalue weighted by atomic mass is 16.5. The van der Waals surface area contributed by atoms with Crippen LogP contribution in [-0.2, 0) is 9.53 Å². The van der Waals surface area contributed by atoms with Crippen molar-refractivity contribution in [3.05, 3.63) is 89.6 Å². The van der Waals surface area contributed by atoms with E-state index >= 15 is 0 Å². The van der Waals surface area contributed by atoms with Gasteiger partial charge in [-0.2, -0.15) is 0 Å². The summed E-state index contributed by atoms with van der Waals surface area (Å²) in [5, 5.41) is 5.96. The molecule has 2 heterocycles. The first-order valence-electron chi connectivity index (χ1n) is 13.4. The van der Waals surface area contributed by atoms with Crippen LogP contribution >= 0.6 is 0 Å². The molecule has 0 spiro atoms. The number of carbonyl (C=O) groups excluding carboxylic acids is 3. The van der Waals surface area contributed by atoms with E-state index in [1.54, 1.807) is 22.8 Å². The number of esters is 1. The standard InChI is InChI=1S/C30H37N5O4/c1-4-16-35-25(21-33-17-9-18-34(20-19-33)29(37)31-24-10-7-6-8-11-24)26(28(36)39-5-2)27(32-30(35)38)23-14-12-22(3)13-15-23/h4,6-8,10-15,27H,1,5,9,16-21H2,2-3H3,(H,31,37)(H,32,38). The summed E-state index contributed by atoms with van der Waals surface area (Å²) in [7, 11) is 0. The van der Waals surface area contributed by atoms with Gasteiger partial charge in [0.1, 0.15) is 0 Å². The predicted octanol–water partition coefficient (Wildman–Crippen LogP) is 4.30. The number of rotatable bonds is 8. The van der Waals surface area contributed by atoms with E-state index in [2.05, 4.69) is 22.1 Å². The Balaban J connectivity index is 1.60. The fraction of sp³-hybridized carbons (Fsp3) is 0.367. The molecule has 1 saturated heterocycles. The van der Waals surface area contributed by atoms with Crippen LogP contribution in [0.4, 0.5) is 15.3 Å². The van der Waals surface area contributed by atoms with Gasteiger partial charge in [0.25, 0.3) is 0 Å². The van der Waals surface area contributed by atoms with E-state index in [9.17, 15) is 14.4 Å². The van der Waals surface area contributed by atoms with Crippen molar-refractivity contribution in [3.8, 4) is 0 Å². The van der Waals surface area contributed by atoms with Crippen molar-refractivity contribution in [3.63, 3.8) is 0 Å². The molecule has 2 aromatic carbocycles. The van der Waals surface area contributed by atoms with Crippen molar-refractivity contribution in [2.24, 2.45) is 0 Å². The van der Waals surface area contributed by atoms with Crippen LogP contribution in [0.2, 0.25) is 0 Å². The zero-order valence-electron chi connectivity index (χ0n) is 22.7. The van der Waals surface area contributed by atoms with Gasteiger partial charge in [0.05, 0.1) is 18.2 Å². The van der Waals surface area contributed by atoms with Crippen molar-refractivity contribution >= 4 is 23.7 Å². The maximum absolute atomic E-state index is 13.4. The summed E-state index contributed by atoms with van der Waals surface area (Å²) in [5.41, 5.74) is 3.67. The molecule has 39 heavy (non-hydrogen) atoms. The lowest BCUT2D eigenvalue weighted by molar-refractivity contribution is -0.139. The largest absolute Gasteiger partial charge is 0.463 e. The minimum absolute atomic E-state index is 0.140. The summed E-state index contributed by atoms with van der Waals surface area (Å²) in [5.74, 6) is -0.453. The number of aryl methyl sites for hydroxylation is 1. The minimum atomic E-state index is -0.631. The molecular weight excluding hydrogens is 494 g/mol. The van der Waals surface area contributed by atoms with Gasteiger partial charge in [0, 0.05) is 50.7 Å². The molecule has 1 fully saturated rings. The molecule has 4 amide bonds. The molecule has 1 atom stereocenters. The highest BCUT2D eigenvalue weighted by Gasteiger charge is 2.38. The van der Waals surface area contributed by atoms with E-state index in [0.717, 1.165) is 23.2 Å². The van der Waals surface area contributed by atoms with Crippen LogP contribution in [-0.4, -0.2) is 78.6 Å². The third kappa shape index (κ3) is 6.86. The van der Waals surface area contributed by atoms with Crippen molar-refractivity contribution in [2.45, 2.75) is 26.3 Å². The summed E-state index contributed by atoms with van der Waals surface area (Å²) < 4.78 is 5.49. The zero-order valence-corrected chi connectivity index (χ0v) is 22.7. The zero-order chi connectivity index (χ0) is 27.8. The van der Waals surface area contributed by atoms with E-state index < -0.39 is 12.0 Å². The Morgan fingerprint density at radius 3 is 2.51 bits per heavy atom. The van der Waals surface area contributed by atoms with Gasteiger partial charge in [-0.1, -0.05) is 54.1 Å². The maximum atomic E-state index is 13.4. The summed E-state index contributed by atoms with van der Waals surface area (Å²) in [6.07, 6.45) is 2.41. The van der Waals surface area contributed by atoms with Crippen LogP contribution in [0.25, 0.3) is 0 Å². The Hall–Kier alpha value is -4.11. The molecule has 1 unspecified atom stereocenters. The Kier molecular flexibility index (Phi) is 9.38. The lowest BCUT2D eigenvalue weighted by Crippen LogP contribution is -2.51. The van der Waals surface area contributed by atoms with Gasteiger partial charge in [-0.15, -0.1) is 6.58 Å². The number of ether oxygens (including phenoxy) is 1. The van der Waals surface area contributed by atoms with Crippen LogP contribution < -0.4 is 10.6 Å². The van der Waals surface area contributed by atoms with E-state index in [1.807, 2.05) is 61.5 Å². The minimum Gasteiger partial charge on any atom is -0.463 e. The number of carbonyl (C=O) groups is 3. The van der Waals surface area contributed by atoms with Crippen LogP contribution in [0.15, 0.2) is 78.5 Å². The van der Waals surface area contributed by atoms with E-state index in [4.69, 9.17) is 4.74 Å². The molecule has 2 N–H and O–H groups in total. The second kappa shape index (κ2) is 13.1. The molecule has 2 aliphatic heterocycles. The summed E-state index contributed by atoms with van der Waals surface area (Å²) >= 11 is 0. The number of nitrogens with one attached hydrogen (secondary N) is 2. The highest BCUT2D eigenvalue weighted by molar-refractivity contribution is 5.95. The van der Waals surface area contributed by atoms with Crippen LogP contribution in [0.1, 0.15) is 30.5 Å². The van der Waals surface area contributed by atoms with E-state index in [1.165, 1.54) is 0 Å². The van der Waals surface area contributed by atoms with Gasteiger partial charge in [-0.25, -0.2) is 14.4 Å². The first-order valence-corrected chi connectivity index (χ1v) is 13.4. The molecule has 206 valence electrons. The number of benzene rings is 2. The van der Waals surface area contributed by atoms with Gasteiger partial charge in [-0.05, 0) is 38.0 Å². The van der Waals surface area contributed by atoms with Crippen LogP contribution in [0, 0.1) is 6.92 Å². The van der Waals surface area contributed by atoms with Crippen LogP contribution in [0.5, 0.6) is 0 Å². The van der Waals surface area contributed by atoms with Gasteiger partial charge in [-0.3, -0.25) is 9.80 Å². The fourth-order valence-electron chi connectivity index (χ4n) is 4.92. The van der Waals surface area contributed by atoms with Crippen molar-refractivity contribution < 1.29 is 19.1 Å². The number of anilines is 1. The molecule has 4 rings (SSSR count). The van der Waals surface area contributed by atoms with Crippen molar-refractivity contribution in [2.75, 3.05) is 51.2 Å². The van der Waals surface area contributed by atoms with Crippen molar-refractivity contribution in [1.82, 2.24) is 20.0 Å². The molecule has 9 heteroatoms. The quantitative estimate of drug-likeness (QED) is 0.391. The molecule has 0 aromatic heterocycles. The monoisotopic (exact) mass is 531 g/mol. The number of para-hydroxylation sites is 1. The molecule has 0 bridgehead atoms. The molecular formula is C30H37N5O4. The maximum Gasteiger partial charge on any atom is 0.338 e. The molecule has 9 nitrogen and oxygen atoms in total. The second-order valence-corrected chi connectivity index (χ2v) is 9.69. The number of amides is 4. The summed E-state index contributed by atoms with van der Waals surface area (Å²) in [6.45, 7) is 10.9. The normalized spacial score (nSPS) is 18.3. The molecule has 2 aromatic rings. The molecule has 0 radical (unpaired) electrons. The van der Waals surface area contributed by atoms with E-state index in [0.29, 0.717) is 44.0 Å². The first kappa shape index (κ1) is 27.9. The Morgan fingerprint density at radius 1 is 1.08 bits per heavy atom. The van der Waals surface area contributed by atoms with E-state index in [-0.39, 0.29) is 25.2 Å². The smallest absolute Gasteiger partial charge is 0.338 e. The van der Waals surface area contributed by atoms with Crippen molar-refractivity contribution in [1.29, 1.82) is 0 Å². The van der Waals surface area contributed by atoms with Gasteiger partial charge >= 0.3 is 18.0 Å². The third-order valence-corrected chi connectivity index (χ3v) is 6.93. The Labute approximate surface area is 230 Å². The predicted molar refractivity (Wildman–Crippen MR) is 151 cm³/mol. The highest BCUT2D eigenvalue weighted by Crippen LogP contribution is 2.32. The second-order valence-electron chi connectivity index (χ2n) is 9.69. The summed E-state index contributed by atoms with van der Waals surface area (Å²) in [6, 6.07) is 16.1. The lowest BCUT2D eigenvalue weighted by Gasteiger charge is -2.38. The number of hydrogen-bond donors (Lipinski definition) is 2. The van der Waals surface area contributed by atoms with Crippen LogP contribution in [0.3, 0.4) is 0 Å². The molecule has 0 aliphatic carbocycles. The van der Waals surface area contributed by atoms with Gasteiger partial charge < -0.3 is 20.3 Å². The lowest BCUT2D eigenvalue weighted by atomic mass is 9.93.